The molecule has 0 bridgehead atoms. The Balaban J connectivity index is 1.80. The molecule has 1 saturated heterocycles. The standard InChI is InChI=1S/C11H17N5O4/c1-16-7-13-15-8(16)2-4-12-10(19)14-11(9(17)18)3-5-20-6-11/h7H,2-6H2,1H3,(H,17,18)(H2,12,14,19). The number of carbonyl (C=O) groups excluding carboxylic acids is 1. The predicted octanol–water partition coefficient (Wildman–Crippen LogP) is -1.10. The maximum absolute atomic E-state index is 11.7. The number of nitrogens with zero attached hydrogens (tertiary/aromatic N) is 3. The van der Waals surface area contributed by atoms with Crippen LogP contribution in [0.5, 0.6) is 0 Å². The van der Waals surface area contributed by atoms with Gasteiger partial charge in [0.2, 0.25) is 0 Å². The third kappa shape index (κ3) is 3.05. The van der Waals surface area contributed by atoms with Crippen LogP contribution in [-0.4, -0.2) is 57.2 Å². The van der Waals surface area contributed by atoms with E-state index in [4.69, 9.17) is 4.74 Å². The van der Waals surface area contributed by atoms with Crippen molar-refractivity contribution in [2.75, 3.05) is 19.8 Å². The van der Waals surface area contributed by atoms with Gasteiger partial charge in [-0.25, -0.2) is 9.59 Å². The molecule has 1 aliphatic rings. The second-order valence-electron chi connectivity index (χ2n) is 4.68. The molecule has 9 nitrogen and oxygen atoms in total. The molecule has 1 atom stereocenters. The number of aryl methyl sites for hydroxylation is 1. The van der Waals surface area contributed by atoms with E-state index in [2.05, 4.69) is 20.8 Å². The van der Waals surface area contributed by atoms with Gasteiger partial charge < -0.3 is 25.0 Å². The van der Waals surface area contributed by atoms with Crippen LogP contribution in [0.1, 0.15) is 12.2 Å². The average Bonchev–Trinajstić information content (AvgIpc) is 3.00. The molecule has 1 aromatic heterocycles. The lowest BCUT2D eigenvalue weighted by molar-refractivity contribution is -0.144. The van der Waals surface area contributed by atoms with Gasteiger partial charge in [0.25, 0.3) is 0 Å². The number of rotatable bonds is 5. The van der Waals surface area contributed by atoms with Gasteiger partial charge in [0.15, 0.2) is 5.54 Å². The summed E-state index contributed by atoms with van der Waals surface area (Å²) in [7, 11) is 1.81. The molecule has 3 N–H and O–H groups in total. The van der Waals surface area contributed by atoms with Crippen LogP contribution in [0.25, 0.3) is 0 Å². The lowest BCUT2D eigenvalue weighted by atomic mass is 9.99. The normalized spacial score (nSPS) is 21.6. The lowest BCUT2D eigenvalue weighted by Crippen LogP contribution is -2.57. The minimum Gasteiger partial charge on any atom is -0.479 e. The van der Waals surface area contributed by atoms with Crippen molar-refractivity contribution in [2.45, 2.75) is 18.4 Å². The molecule has 0 aromatic carbocycles. The Morgan fingerprint density at radius 2 is 2.40 bits per heavy atom. The molecule has 1 unspecified atom stereocenters. The number of carbonyl (C=O) groups is 2. The number of hydrogen-bond acceptors (Lipinski definition) is 5. The SMILES string of the molecule is Cn1cnnc1CCNC(=O)NC1(C(=O)O)CCOC1. The number of amides is 2. The molecule has 1 fully saturated rings. The summed E-state index contributed by atoms with van der Waals surface area (Å²) >= 11 is 0. The van der Waals surface area contributed by atoms with E-state index in [1.807, 2.05) is 7.05 Å². The molecule has 0 spiro atoms. The van der Waals surface area contributed by atoms with Crippen molar-refractivity contribution in [1.29, 1.82) is 0 Å². The summed E-state index contributed by atoms with van der Waals surface area (Å²) in [6.07, 6.45) is 2.35. The van der Waals surface area contributed by atoms with Crippen LogP contribution in [0.4, 0.5) is 4.79 Å². The average molecular weight is 283 g/mol. The van der Waals surface area contributed by atoms with Crippen molar-refractivity contribution in [2.24, 2.45) is 7.05 Å². The van der Waals surface area contributed by atoms with Gasteiger partial charge in [0.1, 0.15) is 12.2 Å². The van der Waals surface area contributed by atoms with Crippen molar-refractivity contribution in [3.63, 3.8) is 0 Å². The van der Waals surface area contributed by atoms with E-state index in [0.29, 0.717) is 19.6 Å². The lowest BCUT2D eigenvalue weighted by Gasteiger charge is -2.23. The number of nitrogens with one attached hydrogen (secondary N) is 2. The molecule has 2 heterocycles. The van der Waals surface area contributed by atoms with Gasteiger partial charge in [0.05, 0.1) is 6.61 Å². The fourth-order valence-corrected chi connectivity index (χ4v) is 1.97. The van der Waals surface area contributed by atoms with Crippen LogP contribution in [-0.2, 0) is 23.0 Å². The van der Waals surface area contributed by atoms with E-state index in [9.17, 15) is 14.7 Å². The molecule has 0 radical (unpaired) electrons. The van der Waals surface area contributed by atoms with E-state index >= 15 is 0 Å². The van der Waals surface area contributed by atoms with Crippen molar-refractivity contribution in [3.05, 3.63) is 12.2 Å². The van der Waals surface area contributed by atoms with Crippen LogP contribution >= 0.6 is 0 Å². The first-order valence-corrected chi connectivity index (χ1v) is 6.23. The highest BCUT2D eigenvalue weighted by Gasteiger charge is 2.43. The Labute approximate surface area is 115 Å². The molecule has 20 heavy (non-hydrogen) atoms. The summed E-state index contributed by atoms with van der Waals surface area (Å²) in [5.74, 6) is -0.346. The number of hydrogen-bond donors (Lipinski definition) is 3. The number of urea groups is 1. The summed E-state index contributed by atoms with van der Waals surface area (Å²) < 4.78 is 6.81. The van der Waals surface area contributed by atoms with Gasteiger partial charge in [-0.05, 0) is 0 Å². The quantitative estimate of drug-likeness (QED) is 0.631. The number of carboxylic acid groups (broad SMARTS) is 1. The van der Waals surface area contributed by atoms with E-state index in [0.717, 1.165) is 5.82 Å². The zero-order valence-corrected chi connectivity index (χ0v) is 11.1. The van der Waals surface area contributed by atoms with Gasteiger partial charge in [-0.1, -0.05) is 0 Å². The Hall–Kier alpha value is -2.16. The second-order valence-corrected chi connectivity index (χ2v) is 4.68. The highest BCUT2D eigenvalue weighted by Crippen LogP contribution is 2.18. The van der Waals surface area contributed by atoms with Crippen LogP contribution in [0.3, 0.4) is 0 Å². The molecule has 9 heteroatoms. The monoisotopic (exact) mass is 283 g/mol. The largest absolute Gasteiger partial charge is 0.479 e. The van der Waals surface area contributed by atoms with Gasteiger partial charge in [0, 0.05) is 33.0 Å². The van der Waals surface area contributed by atoms with E-state index in [-0.39, 0.29) is 13.0 Å². The first kappa shape index (κ1) is 14.3. The fraction of sp³-hybridized carbons (Fsp3) is 0.636. The molecule has 110 valence electrons. The zero-order chi connectivity index (χ0) is 14.6. The highest BCUT2D eigenvalue weighted by molar-refractivity contribution is 5.86. The van der Waals surface area contributed by atoms with Gasteiger partial charge in [-0.15, -0.1) is 10.2 Å². The first-order chi connectivity index (χ1) is 9.53. The smallest absolute Gasteiger partial charge is 0.332 e. The topological polar surface area (TPSA) is 118 Å². The molecule has 2 amide bonds. The third-order valence-corrected chi connectivity index (χ3v) is 3.22. The molecule has 0 saturated carbocycles. The Morgan fingerprint density at radius 1 is 1.60 bits per heavy atom. The maximum Gasteiger partial charge on any atom is 0.332 e. The Morgan fingerprint density at radius 3 is 2.95 bits per heavy atom. The van der Waals surface area contributed by atoms with Crippen LogP contribution in [0.2, 0.25) is 0 Å². The maximum atomic E-state index is 11.7. The van der Waals surface area contributed by atoms with E-state index < -0.39 is 17.5 Å². The van der Waals surface area contributed by atoms with Crippen LogP contribution in [0, 0.1) is 0 Å². The first-order valence-electron chi connectivity index (χ1n) is 6.23. The Kier molecular flexibility index (Phi) is 4.18. The molecule has 1 aliphatic heterocycles. The second kappa shape index (κ2) is 5.87. The van der Waals surface area contributed by atoms with Crippen molar-refractivity contribution >= 4 is 12.0 Å². The van der Waals surface area contributed by atoms with Crippen LogP contribution < -0.4 is 10.6 Å². The van der Waals surface area contributed by atoms with Crippen molar-refractivity contribution in [3.8, 4) is 0 Å². The molecular formula is C11H17N5O4. The van der Waals surface area contributed by atoms with Crippen molar-refractivity contribution < 1.29 is 19.4 Å². The fourth-order valence-electron chi connectivity index (χ4n) is 1.97. The number of carboxylic acids is 1. The summed E-state index contributed by atoms with van der Waals surface area (Å²) in [5, 5.41) is 21.9. The Bertz CT molecular complexity index is 495. The number of aromatic nitrogens is 3. The highest BCUT2D eigenvalue weighted by atomic mass is 16.5. The third-order valence-electron chi connectivity index (χ3n) is 3.22. The number of aliphatic carboxylic acids is 1. The van der Waals surface area contributed by atoms with Crippen LogP contribution in [0.15, 0.2) is 6.33 Å². The molecular weight excluding hydrogens is 266 g/mol. The molecule has 1 aromatic rings. The van der Waals surface area contributed by atoms with E-state index in [1.54, 1.807) is 10.9 Å². The summed E-state index contributed by atoms with van der Waals surface area (Å²) in [4.78, 5) is 23.0. The minimum absolute atomic E-state index is 0.0148. The van der Waals surface area contributed by atoms with Gasteiger partial charge in [-0.3, -0.25) is 0 Å². The summed E-state index contributed by atoms with van der Waals surface area (Å²) in [5.41, 5.74) is -1.32. The minimum atomic E-state index is -1.32. The van der Waals surface area contributed by atoms with Gasteiger partial charge >= 0.3 is 12.0 Å². The van der Waals surface area contributed by atoms with Crippen molar-refractivity contribution in [1.82, 2.24) is 25.4 Å². The zero-order valence-electron chi connectivity index (χ0n) is 11.1. The number of ether oxygens (including phenoxy) is 1. The van der Waals surface area contributed by atoms with E-state index in [1.165, 1.54) is 0 Å². The summed E-state index contributed by atoms with van der Waals surface area (Å²) in [6, 6.07) is -0.528. The summed E-state index contributed by atoms with van der Waals surface area (Å²) in [6.45, 7) is 0.652. The molecule has 0 aliphatic carbocycles. The van der Waals surface area contributed by atoms with Gasteiger partial charge in [-0.2, -0.15) is 0 Å². The predicted molar refractivity (Wildman–Crippen MR) is 67.0 cm³/mol. The molecule has 2 rings (SSSR count).